The van der Waals surface area contributed by atoms with E-state index in [9.17, 15) is 9.59 Å². The third kappa shape index (κ3) is 5.57. The molecule has 0 aliphatic heterocycles. The first kappa shape index (κ1) is 16.7. The number of thiophene rings is 1. The highest BCUT2D eigenvalue weighted by atomic mass is 32.1. The first-order valence-corrected chi connectivity index (χ1v) is 8.19. The van der Waals surface area contributed by atoms with E-state index in [1.165, 1.54) is 11.3 Å². The van der Waals surface area contributed by atoms with Gasteiger partial charge in [0.2, 0.25) is 5.91 Å². The van der Waals surface area contributed by atoms with E-state index < -0.39 is 0 Å². The summed E-state index contributed by atoms with van der Waals surface area (Å²) in [6, 6.07) is 11.0. The van der Waals surface area contributed by atoms with E-state index >= 15 is 0 Å². The standard InChI is InChI=1S/C17H17N3O2S/c18-10-13-3-1-4-14(9-13)11-20-16(21)5-2-7-19-17(22)15-6-8-23-12-15/h1,3-4,6,8-9,12H,2,5,7,11H2,(H,19,22)(H,20,21). The summed E-state index contributed by atoms with van der Waals surface area (Å²) >= 11 is 1.47. The SMILES string of the molecule is N#Cc1cccc(CNC(=O)CCCNC(=O)c2ccsc2)c1. The zero-order valence-corrected chi connectivity index (χ0v) is 13.4. The molecule has 0 saturated carbocycles. The molecule has 0 bridgehead atoms. The minimum absolute atomic E-state index is 0.0721. The van der Waals surface area contributed by atoms with Crippen LogP contribution in [0.1, 0.15) is 34.3 Å². The van der Waals surface area contributed by atoms with Crippen LogP contribution in [-0.4, -0.2) is 18.4 Å². The summed E-state index contributed by atoms with van der Waals surface area (Å²) in [6.45, 7) is 0.863. The molecule has 6 heteroatoms. The van der Waals surface area contributed by atoms with Crippen LogP contribution in [0.25, 0.3) is 0 Å². The minimum atomic E-state index is -0.111. The second-order valence-corrected chi connectivity index (χ2v) is 5.74. The van der Waals surface area contributed by atoms with E-state index in [2.05, 4.69) is 16.7 Å². The lowest BCUT2D eigenvalue weighted by Crippen LogP contribution is -2.27. The molecule has 0 atom stereocenters. The molecule has 0 fully saturated rings. The fourth-order valence-corrected chi connectivity index (χ4v) is 2.62. The molecule has 2 N–H and O–H groups in total. The van der Waals surface area contributed by atoms with Crippen molar-refractivity contribution in [2.45, 2.75) is 19.4 Å². The van der Waals surface area contributed by atoms with Crippen molar-refractivity contribution >= 4 is 23.2 Å². The van der Waals surface area contributed by atoms with Crippen molar-refractivity contribution in [1.29, 1.82) is 5.26 Å². The van der Waals surface area contributed by atoms with Crippen LogP contribution in [0.15, 0.2) is 41.1 Å². The maximum absolute atomic E-state index is 11.8. The molecule has 5 nitrogen and oxygen atoms in total. The lowest BCUT2D eigenvalue weighted by Gasteiger charge is -2.06. The number of benzene rings is 1. The Labute approximate surface area is 138 Å². The molecule has 0 unspecified atom stereocenters. The van der Waals surface area contributed by atoms with Gasteiger partial charge in [0, 0.05) is 30.5 Å². The van der Waals surface area contributed by atoms with Crippen LogP contribution in [0, 0.1) is 11.3 Å². The average molecular weight is 327 g/mol. The van der Waals surface area contributed by atoms with E-state index in [0.717, 1.165) is 5.56 Å². The van der Waals surface area contributed by atoms with Crippen molar-refractivity contribution in [2.75, 3.05) is 6.54 Å². The minimum Gasteiger partial charge on any atom is -0.352 e. The zero-order chi connectivity index (χ0) is 16.5. The molecule has 2 amide bonds. The van der Waals surface area contributed by atoms with Gasteiger partial charge >= 0.3 is 0 Å². The van der Waals surface area contributed by atoms with Crippen molar-refractivity contribution in [3.8, 4) is 6.07 Å². The van der Waals surface area contributed by atoms with Crippen LogP contribution in [0.3, 0.4) is 0 Å². The summed E-state index contributed by atoms with van der Waals surface area (Å²) < 4.78 is 0. The van der Waals surface area contributed by atoms with Crippen LogP contribution in [0.2, 0.25) is 0 Å². The van der Waals surface area contributed by atoms with Gasteiger partial charge in [0.05, 0.1) is 11.6 Å². The Bertz CT molecular complexity index is 705. The first-order valence-electron chi connectivity index (χ1n) is 7.25. The average Bonchev–Trinajstić information content (AvgIpc) is 3.11. The Hall–Kier alpha value is -2.65. The van der Waals surface area contributed by atoms with Crippen LogP contribution in [-0.2, 0) is 11.3 Å². The molecule has 2 rings (SSSR count). The summed E-state index contributed by atoms with van der Waals surface area (Å²) in [7, 11) is 0. The Morgan fingerprint density at radius 1 is 1.22 bits per heavy atom. The molecule has 23 heavy (non-hydrogen) atoms. The maximum atomic E-state index is 11.8. The Morgan fingerprint density at radius 3 is 2.83 bits per heavy atom. The van der Waals surface area contributed by atoms with Crippen molar-refractivity contribution in [3.05, 3.63) is 57.8 Å². The summed E-state index contributed by atoms with van der Waals surface area (Å²) in [5.74, 6) is -0.183. The molecule has 1 aromatic carbocycles. The van der Waals surface area contributed by atoms with E-state index in [0.29, 0.717) is 37.1 Å². The number of nitrogens with one attached hydrogen (secondary N) is 2. The topological polar surface area (TPSA) is 82.0 Å². The molecule has 2 aromatic rings. The van der Waals surface area contributed by atoms with Crippen molar-refractivity contribution in [2.24, 2.45) is 0 Å². The third-order valence-corrected chi connectivity index (χ3v) is 3.88. The summed E-state index contributed by atoms with van der Waals surface area (Å²) in [5, 5.41) is 18.1. The molecular formula is C17H17N3O2S. The normalized spacial score (nSPS) is 9.87. The number of carbonyl (C=O) groups excluding carboxylic acids is 2. The van der Waals surface area contributed by atoms with Gasteiger partial charge in [-0.25, -0.2) is 0 Å². The molecule has 0 radical (unpaired) electrons. The van der Waals surface area contributed by atoms with Gasteiger partial charge in [-0.2, -0.15) is 16.6 Å². The van der Waals surface area contributed by atoms with Gasteiger partial charge in [0.25, 0.3) is 5.91 Å². The van der Waals surface area contributed by atoms with Crippen LogP contribution in [0.5, 0.6) is 0 Å². The summed E-state index contributed by atoms with van der Waals surface area (Å²) in [5.41, 5.74) is 2.12. The zero-order valence-electron chi connectivity index (χ0n) is 12.5. The third-order valence-electron chi connectivity index (χ3n) is 3.20. The van der Waals surface area contributed by atoms with Gasteiger partial charge in [-0.1, -0.05) is 12.1 Å². The highest BCUT2D eigenvalue weighted by molar-refractivity contribution is 7.08. The van der Waals surface area contributed by atoms with Gasteiger partial charge in [-0.15, -0.1) is 0 Å². The number of rotatable bonds is 7. The van der Waals surface area contributed by atoms with E-state index in [-0.39, 0.29) is 11.8 Å². The van der Waals surface area contributed by atoms with Crippen LogP contribution >= 0.6 is 11.3 Å². The monoisotopic (exact) mass is 327 g/mol. The second-order valence-electron chi connectivity index (χ2n) is 4.96. The molecule has 0 aliphatic carbocycles. The Morgan fingerprint density at radius 2 is 2.09 bits per heavy atom. The predicted molar refractivity (Wildman–Crippen MR) is 88.9 cm³/mol. The smallest absolute Gasteiger partial charge is 0.252 e. The van der Waals surface area contributed by atoms with E-state index in [1.807, 2.05) is 11.4 Å². The summed E-state index contributed by atoms with van der Waals surface area (Å²) in [6.07, 6.45) is 0.932. The van der Waals surface area contributed by atoms with Gasteiger partial charge in [0.1, 0.15) is 0 Å². The van der Waals surface area contributed by atoms with Crippen molar-refractivity contribution in [3.63, 3.8) is 0 Å². The molecular weight excluding hydrogens is 310 g/mol. The number of nitriles is 1. The fraction of sp³-hybridized carbons (Fsp3) is 0.235. The quantitative estimate of drug-likeness (QED) is 0.766. The fourth-order valence-electron chi connectivity index (χ4n) is 1.99. The predicted octanol–water partition coefficient (Wildman–Crippen LogP) is 2.45. The van der Waals surface area contributed by atoms with Gasteiger partial charge in [-0.3, -0.25) is 9.59 Å². The molecule has 0 spiro atoms. The molecule has 0 aliphatic rings. The van der Waals surface area contributed by atoms with E-state index in [1.54, 1.807) is 29.6 Å². The molecule has 0 saturated heterocycles. The largest absolute Gasteiger partial charge is 0.352 e. The lowest BCUT2D eigenvalue weighted by atomic mass is 10.1. The highest BCUT2D eigenvalue weighted by Gasteiger charge is 2.06. The molecule has 1 aromatic heterocycles. The van der Waals surface area contributed by atoms with Crippen molar-refractivity contribution in [1.82, 2.24) is 10.6 Å². The molecule has 1 heterocycles. The number of hydrogen-bond acceptors (Lipinski definition) is 4. The number of amides is 2. The summed E-state index contributed by atoms with van der Waals surface area (Å²) in [4.78, 5) is 23.4. The van der Waals surface area contributed by atoms with Gasteiger partial charge in [-0.05, 0) is 35.6 Å². The number of hydrogen-bond donors (Lipinski definition) is 2. The van der Waals surface area contributed by atoms with Crippen molar-refractivity contribution < 1.29 is 9.59 Å². The first-order chi connectivity index (χ1) is 11.2. The maximum Gasteiger partial charge on any atom is 0.252 e. The Balaban J connectivity index is 1.63. The lowest BCUT2D eigenvalue weighted by molar-refractivity contribution is -0.121. The second kappa shape index (κ2) is 8.71. The number of carbonyl (C=O) groups is 2. The van der Waals surface area contributed by atoms with E-state index in [4.69, 9.17) is 5.26 Å². The van der Waals surface area contributed by atoms with Gasteiger partial charge < -0.3 is 10.6 Å². The molecule has 118 valence electrons. The van der Waals surface area contributed by atoms with Gasteiger partial charge in [0.15, 0.2) is 0 Å². The van der Waals surface area contributed by atoms with Crippen LogP contribution < -0.4 is 10.6 Å². The Kier molecular flexibility index (Phi) is 6.33. The number of nitrogens with zero attached hydrogens (tertiary/aromatic N) is 1. The van der Waals surface area contributed by atoms with Crippen LogP contribution in [0.4, 0.5) is 0 Å². The highest BCUT2D eigenvalue weighted by Crippen LogP contribution is 2.05.